The van der Waals surface area contributed by atoms with Gasteiger partial charge in [0, 0.05) is 11.6 Å². The molecule has 100 valence electrons. The molecule has 0 aliphatic heterocycles. The Morgan fingerprint density at radius 3 is 2.70 bits per heavy atom. The van der Waals surface area contributed by atoms with Crippen molar-refractivity contribution in [2.45, 2.75) is 0 Å². The van der Waals surface area contributed by atoms with Gasteiger partial charge >= 0.3 is 5.97 Å². The lowest BCUT2D eigenvalue weighted by Crippen LogP contribution is -1.92. The molecule has 4 heteroatoms. The van der Waals surface area contributed by atoms with Crippen LogP contribution in [0.4, 0.5) is 4.39 Å². The minimum atomic E-state index is -1.06. The first-order valence-electron chi connectivity index (χ1n) is 6.04. The minimum absolute atomic E-state index is 0.396. The molecular weight excluding hydrogens is 259 g/mol. The molecule has 3 rings (SSSR count). The second-order valence-electron chi connectivity index (χ2n) is 4.47. The summed E-state index contributed by atoms with van der Waals surface area (Å²) in [7, 11) is 1.55. The zero-order chi connectivity index (χ0) is 14.3. The number of benzene rings is 2. The quantitative estimate of drug-likeness (QED) is 0.726. The lowest BCUT2D eigenvalue weighted by Gasteiger charge is -2.07. The van der Waals surface area contributed by atoms with E-state index in [1.165, 1.54) is 12.1 Å². The highest BCUT2D eigenvalue weighted by Crippen LogP contribution is 2.48. The SMILES string of the molecule is COc1cccc2c1-c1ccc(F)cc1/C2=C\C(=O)O. The maximum atomic E-state index is 13.5. The lowest BCUT2D eigenvalue weighted by molar-refractivity contribution is -0.131. The highest BCUT2D eigenvalue weighted by molar-refractivity contribution is 6.07. The molecule has 2 aromatic rings. The number of carboxylic acid groups (broad SMARTS) is 1. The summed E-state index contributed by atoms with van der Waals surface area (Å²) >= 11 is 0. The predicted octanol–water partition coefficient (Wildman–Crippen LogP) is 3.33. The van der Waals surface area contributed by atoms with Crippen molar-refractivity contribution in [1.29, 1.82) is 0 Å². The van der Waals surface area contributed by atoms with E-state index in [4.69, 9.17) is 9.84 Å². The Morgan fingerprint density at radius 1 is 1.20 bits per heavy atom. The van der Waals surface area contributed by atoms with E-state index < -0.39 is 11.8 Å². The van der Waals surface area contributed by atoms with Gasteiger partial charge in [0.1, 0.15) is 11.6 Å². The average molecular weight is 270 g/mol. The number of rotatable bonds is 2. The maximum absolute atomic E-state index is 13.5. The van der Waals surface area contributed by atoms with Crippen LogP contribution in [0.5, 0.6) is 5.75 Å². The van der Waals surface area contributed by atoms with Crippen molar-refractivity contribution < 1.29 is 19.0 Å². The summed E-state index contributed by atoms with van der Waals surface area (Å²) in [6, 6.07) is 9.76. The zero-order valence-corrected chi connectivity index (χ0v) is 10.7. The van der Waals surface area contributed by atoms with Crippen LogP contribution in [-0.2, 0) is 4.79 Å². The Labute approximate surface area is 114 Å². The number of hydrogen-bond acceptors (Lipinski definition) is 2. The first-order chi connectivity index (χ1) is 9.61. The Bertz CT molecular complexity index is 743. The molecule has 0 bridgehead atoms. The van der Waals surface area contributed by atoms with Crippen LogP contribution in [-0.4, -0.2) is 18.2 Å². The third-order valence-corrected chi connectivity index (χ3v) is 3.35. The Hall–Kier alpha value is -2.62. The molecule has 0 saturated heterocycles. The Kier molecular flexibility index (Phi) is 2.79. The van der Waals surface area contributed by atoms with Crippen molar-refractivity contribution in [2.75, 3.05) is 7.11 Å². The van der Waals surface area contributed by atoms with Gasteiger partial charge in [0.15, 0.2) is 0 Å². The van der Waals surface area contributed by atoms with Crippen molar-refractivity contribution >= 4 is 11.5 Å². The topological polar surface area (TPSA) is 46.5 Å². The standard InChI is InChI=1S/C16H11FO3/c1-20-14-4-2-3-10-13(8-15(18)19)12-7-9(17)5-6-11(12)16(10)14/h2-8H,1H3,(H,18,19)/b13-8-. The van der Waals surface area contributed by atoms with E-state index in [0.29, 0.717) is 16.9 Å². The number of carbonyl (C=O) groups is 1. The molecule has 1 N–H and O–H groups in total. The Balaban J connectivity index is 2.38. The summed E-state index contributed by atoms with van der Waals surface area (Å²) in [6.45, 7) is 0. The van der Waals surface area contributed by atoms with Crippen molar-refractivity contribution in [3.05, 3.63) is 59.4 Å². The monoisotopic (exact) mass is 270 g/mol. The van der Waals surface area contributed by atoms with Crippen LogP contribution >= 0.6 is 0 Å². The first-order valence-corrected chi connectivity index (χ1v) is 6.04. The molecule has 0 atom stereocenters. The number of hydrogen-bond donors (Lipinski definition) is 1. The highest BCUT2D eigenvalue weighted by atomic mass is 19.1. The van der Waals surface area contributed by atoms with E-state index in [-0.39, 0.29) is 0 Å². The van der Waals surface area contributed by atoms with Crippen LogP contribution in [0.3, 0.4) is 0 Å². The molecule has 0 aromatic heterocycles. The van der Waals surface area contributed by atoms with Crippen LogP contribution in [0.25, 0.3) is 16.7 Å². The van der Waals surface area contributed by atoms with Crippen LogP contribution in [0.2, 0.25) is 0 Å². The third-order valence-electron chi connectivity index (χ3n) is 3.35. The third kappa shape index (κ3) is 1.77. The second-order valence-corrected chi connectivity index (χ2v) is 4.47. The van der Waals surface area contributed by atoms with Crippen molar-refractivity contribution in [3.8, 4) is 16.9 Å². The molecular formula is C16H11FO3. The molecule has 0 saturated carbocycles. The molecule has 1 aliphatic carbocycles. The van der Waals surface area contributed by atoms with Gasteiger partial charge in [0.2, 0.25) is 0 Å². The van der Waals surface area contributed by atoms with E-state index in [2.05, 4.69) is 0 Å². The molecule has 0 spiro atoms. The summed E-state index contributed by atoms with van der Waals surface area (Å²) in [5.74, 6) is -0.818. The van der Waals surface area contributed by atoms with E-state index in [1.807, 2.05) is 6.07 Å². The maximum Gasteiger partial charge on any atom is 0.328 e. The van der Waals surface area contributed by atoms with Crippen LogP contribution < -0.4 is 4.74 Å². The van der Waals surface area contributed by atoms with Crippen LogP contribution in [0, 0.1) is 5.82 Å². The fourth-order valence-electron chi connectivity index (χ4n) is 2.58. The van der Waals surface area contributed by atoms with E-state index in [0.717, 1.165) is 22.8 Å². The molecule has 0 heterocycles. The van der Waals surface area contributed by atoms with Gasteiger partial charge in [0.25, 0.3) is 0 Å². The average Bonchev–Trinajstić information content (AvgIpc) is 2.72. The van der Waals surface area contributed by atoms with Crippen molar-refractivity contribution in [1.82, 2.24) is 0 Å². The smallest absolute Gasteiger partial charge is 0.328 e. The molecule has 2 aromatic carbocycles. The number of aliphatic carboxylic acids is 1. The predicted molar refractivity (Wildman–Crippen MR) is 73.1 cm³/mol. The summed E-state index contributed by atoms with van der Waals surface area (Å²) in [5.41, 5.74) is 3.41. The summed E-state index contributed by atoms with van der Waals surface area (Å²) in [4.78, 5) is 11.0. The molecule has 0 unspecified atom stereocenters. The molecule has 20 heavy (non-hydrogen) atoms. The van der Waals surface area contributed by atoms with Gasteiger partial charge in [0.05, 0.1) is 7.11 Å². The normalized spacial score (nSPS) is 14.0. The highest BCUT2D eigenvalue weighted by Gasteiger charge is 2.27. The molecule has 1 aliphatic rings. The van der Waals surface area contributed by atoms with Crippen LogP contribution in [0.1, 0.15) is 11.1 Å². The first kappa shape index (κ1) is 12.4. The number of methoxy groups -OCH3 is 1. The summed E-state index contributed by atoms with van der Waals surface area (Å²) in [5, 5.41) is 9.02. The van der Waals surface area contributed by atoms with Gasteiger partial charge in [-0.3, -0.25) is 0 Å². The lowest BCUT2D eigenvalue weighted by atomic mass is 10.0. The summed E-state index contributed by atoms with van der Waals surface area (Å²) in [6.07, 6.45) is 1.10. The molecule has 3 nitrogen and oxygen atoms in total. The largest absolute Gasteiger partial charge is 0.496 e. The molecule has 0 radical (unpaired) electrons. The van der Waals surface area contributed by atoms with Gasteiger partial charge in [-0.15, -0.1) is 0 Å². The number of fused-ring (bicyclic) bond motifs is 3. The number of ether oxygens (including phenoxy) is 1. The van der Waals surface area contributed by atoms with Crippen molar-refractivity contribution in [3.63, 3.8) is 0 Å². The molecule has 0 amide bonds. The minimum Gasteiger partial charge on any atom is -0.496 e. The fourth-order valence-corrected chi connectivity index (χ4v) is 2.58. The Morgan fingerprint density at radius 2 is 2.00 bits per heavy atom. The fraction of sp³-hybridized carbons (Fsp3) is 0.0625. The van der Waals surface area contributed by atoms with Gasteiger partial charge in [-0.25, -0.2) is 9.18 Å². The second kappa shape index (κ2) is 4.49. The molecule has 0 fully saturated rings. The number of carboxylic acids is 1. The van der Waals surface area contributed by atoms with Gasteiger partial charge in [-0.05, 0) is 40.5 Å². The number of halogens is 1. The van der Waals surface area contributed by atoms with Gasteiger partial charge < -0.3 is 9.84 Å². The van der Waals surface area contributed by atoms with E-state index in [1.54, 1.807) is 25.3 Å². The van der Waals surface area contributed by atoms with Gasteiger partial charge in [-0.1, -0.05) is 18.2 Å². The van der Waals surface area contributed by atoms with E-state index in [9.17, 15) is 9.18 Å². The van der Waals surface area contributed by atoms with Gasteiger partial charge in [-0.2, -0.15) is 0 Å². The van der Waals surface area contributed by atoms with Crippen LogP contribution in [0.15, 0.2) is 42.5 Å². The summed E-state index contributed by atoms with van der Waals surface area (Å²) < 4.78 is 18.8. The van der Waals surface area contributed by atoms with Crippen molar-refractivity contribution in [2.24, 2.45) is 0 Å². The van der Waals surface area contributed by atoms with E-state index >= 15 is 0 Å². The zero-order valence-electron chi connectivity index (χ0n) is 10.7.